The topological polar surface area (TPSA) is 145 Å². The maximum absolute atomic E-state index is 13.4. The van der Waals surface area contributed by atoms with E-state index >= 15 is 0 Å². The van der Waals surface area contributed by atoms with Gasteiger partial charge in [0.2, 0.25) is 0 Å². The van der Waals surface area contributed by atoms with Gasteiger partial charge in [0.1, 0.15) is 11.7 Å². The van der Waals surface area contributed by atoms with Crippen LogP contribution in [-0.2, 0) is 14.3 Å². The van der Waals surface area contributed by atoms with Crippen molar-refractivity contribution in [2.75, 3.05) is 0 Å². The molecule has 0 radical (unpaired) electrons. The van der Waals surface area contributed by atoms with E-state index < -0.39 is 63.8 Å². The van der Waals surface area contributed by atoms with Crippen LogP contribution in [-0.4, -0.2) is 72.4 Å². The number of aliphatic hydroxyl groups excluding tert-OH is 2. The number of carbonyl (C=O) groups excluding carboxylic acids is 2. The quantitative estimate of drug-likeness (QED) is 0.335. The highest BCUT2D eigenvalue weighted by atomic mass is 16.6. The summed E-state index contributed by atoms with van der Waals surface area (Å²) >= 11 is 0. The van der Waals surface area contributed by atoms with E-state index in [4.69, 9.17) is 4.74 Å². The molecule has 0 aromatic heterocycles. The molecule has 4 rings (SSSR count). The molecule has 0 bridgehead atoms. The van der Waals surface area contributed by atoms with Crippen molar-refractivity contribution in [3.05, 3.63) is 11.6 Å². The van der Waals surface area contributed by atoms with E-state index in [2.05, 4.69) is 0 Å². The predicted octanol–water partition coefficient (Wildman–Crippen LogP) is 2.42. The predicted molar refractivity (Wildman–Crippen MR) is 136 cm³/mol. The summed E-state index contributed by atoms with van der Waals surface area (Å²) in [5, 5.41) is 55.4. The van der Waals surface area contributed by atoms with Gasteiger partial charge in [-0.2, -0.15) is 0 Å². The highest BCUT2D eigenvalue weighted by molar-refractivity contribution is 5.95. The minimum Gasteiger partial charge on any atom is -0.459 e. The molecule has 4 aliphatic carbocycles. The molecule has 0 aromatic rings. The summed E-state index contributed by atoms with van der Waals surface area (Å²) in [6, 6.07) is 0. The number of allylic oxidation sites excluding steroid dienone is 1. The molecule has 0 saturated heterocycles. The maximum Gasteiger partial charge on any atom is 0.303 e. The molecule has 8 heteroatoms. The van der Waals surface area contributed by atoms with Gasteiger partial charge in [-0.15, -0.1) is 0 Å². The van der Waals surface area contributed by atoms with Crippen molar-refractivity contribution < 1.29 is 39.9 Å². The summed E-state index contributed by atoms with van der Waals surface area (Å²) in [7, 11) is 0. The monoisotopic (exact) mass is 522 g/mol. The molecule has 3 saturated carbocycles. The van der Waals surface area contributed by atoms with Crippen molar-refractivity contribution in [3.63, 3.8) is 0 Å². The maximum atomic E-state index is 13.4. The summed E-state index contributed by atoms with van der Waals surface area (Å²) in [5.41, 5.74) is -4.45. The molecule has 8 nitrogen and oxygen atoms in total. The minimum atomic E-state index is -1.47. The number of rotatable bonds is 6. The lowest BCUT2D eigenvalue weighted by atomic mass is 9.45. The van der Waals surface area contributed by atoms with Crippen molar-refractivity contribution in [1.29, 1.82) is 0 Å². The van der Waals surface area contributed by atoms with Crippen LogP contribution in [0.2, 0.25) is 0 Å². The third-order valence-corrected chi connectivity index (χ3v) is 10.8. The van der Waals surface area contributed by atoms with Crippen molar-refractivity contribution in [2.45, 2.75) is 128 Å². The van der Waals surface area contributed by atoms with Crippen LogP contribution in [0.3, 0.4) is 0 Å². The number of fused-ring (bicyclic) bond motifs is 5. The lowest BCUT2D eigenvalue weighted by molar-refractivity contribution is -0.192. The fourth-order valence-electron chi connectivity index (χ4n) is 8.69. The number of hydrogen-bond acceptors (Lipinski definition) is 8. The Kier molecular flexibility index (Phi) is 7.07. The zero-order valence-electron chi connectivity index (χ0n) is 23.2. The molecule has 4 aliphatic rings. The molecule has 3 fully saturated rings. The zero-order chi connectivity index (χ0) is 27.8. The van der Waals surface area contributed by atoms with E-state index in [1.54, 1.807) is 26.8 Å². The molecule has 10 atom stereocenters. The summed E-state index contributed by atoms with van der Waals surface area (Å²) in [6.07, 6.45) is 2.13. The van der Waals surface area contributed by atoms with Crippen LogP contribution in [0, 0.1) is 28.6 Å². The lowest BCUT2D eigenvalue weighted by Gasteiger charge is -2.60. The number of ether oxygens (including phenoxy) is 1. The Bertz CT molecular complexity index is 965. The third-order valence-electron chi connectivity index (χ3n) is 10.8. The van der Waals surface area contributed by atoms with E-state index in [9.17, 15) is 35.1 Å². The van der Waals surface area contributed by atoms with Gasteiger partial charge in [-0.1, -0.05) is 13.8 Å². The average molecular weight is 523 g/mol. The van der Waals surface area contributed by atoms with E-state index in [1.807, 2.05) is 13.8 Å². The zero-order valence-corrected chi connectivity index (χ0v) is 23.2. The molecule has 5 N–H and O–H groups in total. The molecule has 0 heterocycles. The summed E-state index contributed by atoms with van der Waals surface area (Å²) < 4.78 is 5.61. The van der Waals surface area contributed by atoms with Crippen molar-refractivity contribution >= 4 is 11.8 Å². The van der Waals surface area contributed by atoms with Crippen LogP contribution >= 0.6 is 0 Å². The van der Waals surface area contributed by atoms with Gasteiger partial charge >= 0.3 is 5.97 Å². The number of esters is 1. The number of ketones is 1. The van der Waals surface area contributed by atoms with E-state index in [-0.39, 0.29) is 24.5 Å². The third kappa shape index (κ3) is 4.50. The van der Waals surface area contributed by atoms with Gasteiger partial charge in [0.15, 0.2) is 5.78 Å². The highest BCUT2D eigenvalue weighted by Gasteiger charge is 2.69. The Hall–Kier alpha value is -1.32. The van der Waals surface area contributed by atoms with Gasteiger partial charge < -0.3 is 30.3 Å². The fourth-order valence-corrected chi connectivity index (χ4v) is 8.69. The van der Waals surface area contributed by atoms with Gasteiger partial charge in [0.05, 0.1) is 23.4 Å². The molecule has 0 spiro atoms. The molecule has 210 valence electrons. The van der Waals surface area contributed by atoms with Crippen LogP contribution < -0.4 is 0 Å². The van der Waals surface area contributed by atoms with E-state index in [0.717, 1.165) is 0 Å². The number of aliphatic hydroxyl groups is 5. The minimum absolute atomic E-state index is 0.112. The number of carbonyl (C=O) groups is 2. The summed E-state index contributed by atoms with van der Waals surface area (Å²) in [4.78, 5) is 25.3. The van der Waals surface area contributed by atoms with Crippen molar-refractivity contribution in [2.24, 2.45) is 28.6 Å². The van der Waals surface area contributed by atoms with Crippen LogP contribution in [0.15, 0.2) is 11.6 Å². The Labute approximate surface area is 220 Å². The standard InChI is InChI=1S/C29H46O8/c1-16(30)37-24(9-10-25(2,3)34)28(6,35)23-8-12-29(36)18-13-20(31)19-14-21(32)22(33)15-26(19,4)17(18)7-11-27(23,29)5/h13,17,19,21-24,32-36H,7-12,14-15H2,1-6H3/t17?,19-,21+,22-,23-,24+,26+,27+,28+,29+/m0/s1. The van der Waals surface area contributed by atoms with Crippen LogP contribution in [0.5, 0.6) is 0 Å². The Morgan fingerprint density at radius 1 is 1.11 bits per heavy atom. The summed E-state index contributed by atoms with van der Waals surface area (Å²) in [6.45, 7) is 10.3. The molecule has 0 amide bonds. The molecular weight excluding hydrogens is 476 g/mol. The fraction of sp³-hybridized carbons (Fsp3) is 0.862. The smallest absolute Gasteiger partial charge is 0.303 e. The average Bonchev–Trinajstić information content (AvgIpc) is 3.04. The SMILES string of the molecule is CC(=O)O[C@H](CCC(C)(C)O)[C@](C)(O)[C@H]1CC[C@@]2(O)C3=CC(=O)[C@@H]4C[C@@H](O)[C@@H](O)C[C@]4(C)C3CC[C@]12C. The lowest BCUT2D eigenvalue weighted by Crippen LogP contribution is -2.63. The first-order valence-corrected chi connectivity index (χ1v) is 13.8. The number of hydrogen-bond donors (Lipinski definition) is 5. The van der Waals surface area contributed by atoms with E-state index in [0.29, 0.717) is 44.1 Å². The van der Waals surface area contributed by atoms with Crippen LogP contribution in [0.25, 0.3) is 0 Å². The molecule has 0 aliphatic heterocycles. The van der Waals surface area contributed by atoms with Gasteiger partial charge in [0, 0.05) is 18.3 Å². The second kappa shape index (κ2) is 9.12. The Balaban J connectivity index is 1.69. The first-order valence-electron chi connectivity index (χ1n) is 13.8. The van der Waals surface area contributed by atoms with Crippen LogP contribution in [0.1, 0.15) is 92.9 Å². The van der Waals surface area contributed by atoms with Gasteiger partial charge in [-0.05, 0) is 101 Å². The van der Waals surface area contributed by atoms with Gasteiger partial charge in [0.25, 0.3) is 0 Å². The second-order valence-electron chi connectivity index (χ2n) is 13.8. The van der Waals surface area contributed by atoms with E-state index in [1.165, 1.54) is 6.92 Å². The van der Waals surface area contributed by atoms with Crippen LogP contribution in [0.4, 0.5) is 0 Å². The second-order valence-corrected chi connectivity index (χ2v) is 13.8. The van der Waals surface area contributed by atoms with Crippen molar-refractivity contribution in [3.8, 4) is 0 Å². The highest BCUT2D eigenvalue weighted by Crippen LogP contribution is 2.68. The normalized spacial score (nSPS) is 44.1. The first kappa shape index (κ1) is 28.7. The largest absolute Gasteiger partial charge is 0.459 e. The molecular formula is C29H46O8. The molecule has 1 unspecified atom stereocenters. The first-order chi connectivity index (χ1) is 16.9. The van der Waals surface area contributed by atoms with Gasteiger partial charge in [-0.25, -0.2) is 0 Å². The molecule has 37 heavy (non-hydrogen) atoms. The van der Waals surface area contributed by atoms with Gasteiger partial charge in [-0.3, -0.25) is 9.59 Å². The Morgan fingerprint density at radius 3 is 2.35 bits per heavy atom. The molecule has 0 aromatic carbocycles. The Morgan fingerprint density at radius 2 is 1.76 bits per heavy atom. The summed E-state index contributed by atoms with van der Waals surface area (Å²) in [5.74, 6) is -1.56. The van der Waals surface area contributed by atoms with Crippen molar-refractivity contribution in [1.82, 2.24) is 0 Å².